The van der Waals surface area contributed by atoms with Gasteiger partial charge >= 0.3 is 0 Å². The van der Waals surface area contributed by atoms with E-state index in [1.165, 1.54) is 0 Å². The molecule has 0 saturated carbocycles. The van der Waals surface area contributed by atoms with Gasteiger partial charge in [0.25, 0.3) is 0 Å². The lowest BCUT2D eigenvalue weighted by Gasteiger charge is -1.98. The lowest BCUT2D eigenvalue weighted by atomic mass is 10.0. The van der Waals surface area contributed by atoms with Crippen LogP contribution in [0.3, 0.4) is 0 Å². The van der Waals surface area contributed by atoms with Crippen molar-refractivity contribution in [1.82, 2.24) is 0 Å². The molecular formula is C14H10O4. The van der Waals surface area contributed by atoms with E-state index in [-0.39, 0.29) is 11.5 Å². The van der Waals surface area contributed by atoms with Crippen LogP contribution in [0, 0.1) is 0 Å². The van der Waals surface area contributed by atoms with Crippen molar-refractivity contribution in [2.45, 2.75) is 12.8 Å². The van der Waals surface area contributed by atoms with Crippen LogP contribution in [0.15, 0.2) is 24.3 Å². The maximum Gasteiger partial charge on any atom is 0.211 e. The van der Waals surface area contributed by atoms with Crippen LogP contribution in [-0.2, 0) is 12.8 Å². The van der Waals surface area contributed by atoms with Gasteiger partial charge in [-0.1, -0.05) is 12.1 Å². The zero-order chi connectivity index (χ0) is 12.3. The smallest absolute Gasteiger partial charge is 0.211 e. The van der Waals surface area contributed by atoms with E-state index in [1.807, 2.05) is 12.1 Å². The van der Waals surface area contributed by atoms with E-state index in [1.54, 1.807) is 12.1 Å². The third-order valence-corrected chi connectivity index (χ3v) is 3.33. The molecule has 0 amide bonds. The summed E-state index contributed by atoms with van der Waals surface area (Å²) >= 11 is 0. The highest BCUT2D eigenvalue weighted by Crippen LogP contribution is 2.56. The third kappa shape index (κ3) is 1.32. The van der Waals surface area contributed by atoms with Crippen LogP contribution in [0.25, 0.3) is 0 Å². The van der Waals surface area contributed by atoms with Crippen LogP contribution in [-0.4, -0.2) is 10.2 Å². The van der Waals surface area contributed by atoms with Gasteiger partial charge in [0.15, 0.2) is 23.0 Å². The molecule has 2 heterocycles. The summed E-state index contributed by atoms with van der Waals surface area (Å²) in [5, 5.41) is 18.8. The molecule has 0 unspecified atom stereocenters. The molecule has 2 aliphatic rings. The van der Waals surface area contributed by atoms with Crippen molar-refractivity contribution in [1.29, 1.82) is 0 Å². The highest BCUT2D eigenvalue weighted by molar-refractivity contribution is 5.68. The molecule has 2 aromatic rings. The number of hydrogen-bond acceptors (Lipinski definition) is 4. The number of aryl methyl sites for hydroxylation is 2. The fourth-order valence-electron chi connectivity index (χ4n) is 2.24. The summed E-state index contributed by atoms with van der Waals surface area (Å²) in [6, 6.07) is 7.06. The molecule has 4 heteroatoms. The highest BCUT2D eigenvalue weighted by atomic mass is 16.6. The molecule has 0 bridgehead atoms. The minimum Gasteiger partial charge on any atom is -0.504 e. The first-order valence-electron chi connectivity index (χ1n) is 5.79. The minimum absolute atomic E-state index is 0.203. The molecule has 90 valence electrons. The predicted octanol–water partition coefficient (Wildman–Crippen LogP) is 3.09. The molecule has 0 saturated heterocycles. The van der Waals surface area contributed by atoms with Crippen LogP contribution in [0.1, 0.15) is 11.1 Å². The standard InChI is InChI=1S/C14H10O4/c15-9-5-3-7(11-13(9)17-11)1-2-8-4-6-10(16)14-12(8)18-14/h3-6,15-16H,1-2H2. The average molecular weight is 242 g/mol. The summed E-state index contributed by atoms with van der Waals surface area (Å²) in [6.07, 6.45) is 1.65. The molecule has 0 fully saturated rings. The number of benzene rings is 2. The van der Waals surface area contributed by atoms with Crippen molar-refractivity contribution in [3.8, 4) is 34.5 Å². The molecular weight excluding hydrogens is 232 g/mol. The summed E-state index contributed by atoms with van der Waals surface area (Å²) in [7, 11) is 0. The zero-order valence-corrected chi connectivity index (χ0v) is 9.43. The molecule has 18 heavy (non-hydrogen) atoms. The molecule has 0 spiro atoms. The van der Waals surface area contributed by atoms with E-state index in [4.69, 9.17) is 9.47 Å². The van der Waals surface area contributed by atoms with Crippen LogP contribution in [0.2, 0.25) is 0 Å². The molecule has 0 atom stereocenters. The van der Waals surface area contributed by atoms with Crippen LogP contribution in [0.4, 0.5) is 0 Å². The van der Waals surface area contributed by atoms with E-state index in [2.05, 4.69) is 0 Å². The van der Waals surface area contributed by atoms with Crippen LogP contribution >= 0.6 is 0 Å². The van der Waals surface area contributed by atoms with Gasteiger partial charge in [0, 0.05) is 0 Å². The number of fused-ring (bicyclic) bond motifs is 2. The van der Waals surface area contributed by atoms with Gasteiger partial charge in [-0.3, -0.25) is 0 Å². The topological polar surface area (TPSA) is 65.5 Å². The molecule has 4 rings (SSSR count). The normalized spacial score (nSPS) is 13.1. The molecule has 0 radical (unpaired) electrons. The number of ether oxygens (including phenoxy) is 2. The number of phenolic OH excluding ortho intramolecular Hbond substituents is 2. The minimum atomic E-state index is 0.203. The second-order valence-corrected chi connectivity index (χ2v) is 4.51. The summed E-state index contributed by atoms with van der Waals surface area (Å²) in [6.45, 7) is 0. The number of phenols is 2. The van der Waals surface area contributed by atoms with Gasteiger partial charge in [0.1, 0.15) is 0 Å². The van der Waals surface area contributed by atoms with Crippen molar-refractivity contribution in [2.75, 3.05) is 0 Å². The first-order valence-corrected chi connectivity index (χ1v) is 5.79. The lowest BCUT2D eigenvalue weighted by molar-refractivity contribution is 0.463. The molecule has 0 aromatic heterocycles. The lowest BCUT2D eigenvalue weighted by Crippen LogP contribution is -1.88. The molecule has 2 aliphatic heterocycles. The van der Waals surface area contributed by atoms with Crippen LogP contribution < -0.4 is 9.47 Å². The maximum absolute atomic E-state index is 9.39. The first-order chi connectivity index (χ1) is 8.74. The predicted molar refractivity (Wildman–Crippen MR) is 63.8 cm³/mol. The van der Waals surface area contributed by atoms with Gasteiger partial charge in [-0.05, 0) is 36.1 Å². The Morgan fingerprint density at radius 3 is 1.56 bits per heavy atom. The Morgan fingerprint density at radius 1 is 0.667 bits per heavy atom. The van der Waals surface area contributed by atoms with Crippen molar-refractivity contribution in [3.05, 3.63) is 35.4 Å². The summed E-state index contributed by atoms with van der Waals surface area (Å²) in [5.41, 5.74) is 2.18. The van der Waals surface area contributed by atoms with E-state index in [9.17, 15) is 10.2 Å². The van der Waals surface area contributed by atoms with Gasteiger partial charge < -0.3 is 19.7 Å². The van der Waals surface area contributed by atoms with E-state index >= 15 is 0 Å². The van der Waals surface area contributed by atoms with Gasteiger partial charge in [-0.2, -0.15) is 0 Å². The fraction of sp³-hybridized carbons (Fsp3) is 0.143. The Hall–Kier alpha value is -2.36. The Labute approximate surface area is 103 Å². The molecule has 0 aliphatic carbocycles. The van der Waals surface area contributed by atoms with Gasteiger partial charge in [-0.15, -0.1) is 0 Å². The quantitative estimate of drug-likeness (QED) is 0.542. The molecule has 4 nitrogen and oxygen atoms in total. The monoisotopic (exact) mass is 242 g/mol. The summed E-state index contributed by atoms with van der Waals surface area (Å²) in [4.78, 5) is 0. The summed E-state index contributed by atoms with van der Waals surface area (Å²) in [5.74, 6) is 3.21. The van der Waals surface area contributed by atoms with Gasteiger partial charge in [0.2, 0.25) is 11.5 Å². The van der Waals surface area contributed by atoms with E-state index in [0.29, 0.717) is 11.5 Å². The Kier molecular flexibility index (Phi) is 1.66. The van der Waals surface area contributed by atoms with Gasteiger partial charge in [-0.25, -0.2) is 0 Å². The average Bonchev–Trinajstić information content (AvgIpc) is 3.23. The fourth-order valence-corrected chi connectivity index (χ4v) is 2.24. The Bertz CT molecular complexity index is 616. The maximum atomic E-state index is 9.39. The summed E-state index contributed by atoms with van der Waals surface area (Å²) < 4.78 is 10.5. The van der Waals surface area contributed by atoms with Crippen molar-refractivity contribution >= 4 is 0 Å². The van der Waals surface area contributed by atoms with E-state index < -0.39 is 0 Å². The SMILES string of the molecule is Oc1ccc(CCc2ccc(O)c3c2O3)c2c1O2. The largest absolute Gasteiger partial charge is 0.504 e. The van der Waals surface area contributed by atoms with Gasteiger partial charge in [0.05, 0.1) is 0 Å². The Morgan fingerprint density at radius 2 is 1.11 bits per heavy atom. The zero-order valence-electron chi connectivity index (χ0n) is 9.43. The second-order valence-electron chi connectivity index (χ2n) is 4.51. The molecule has 2 N–H and O–H groups in total. The van der Waals surface area contributed by atoms with Crippen molar-refractivity contribution in [2.24, 2.45) is 0 Å². The molecule has 2 aromatic carbocycles. The number of aromatic hydroxyl groups is 2. The van der Waals surface area contributed by atoms with E-state index in [0.717, 1.165) is 35.5 Å². The van der Waals surface area contributed by atoms with Crippen molar-refractivity contribution < 1.29 is 19.7 Å². The number of rotatable bonds is 3. The van der Waals surface area contributed by atoms with Crippen molar-refractivity contribution in [3.63, 3.8) is 0 Å². The Balaban J connectivity index is 1.54. The number of hydrogen-bond donors (Lipinski definition) is 2. The first kappa shape index (κ1) is 9.65. The third-order valence-electron chi connectivity index (χ3n) is 3.33. The second kappa shape index (κ2) is 3.10. The highest BCUT2D eigenvalue weighted by Gasteiger charge is 2.31. The van der Waals surface area contributed by atoms with Crippen LogP contribution in [0.5, 0.6) is 34.5 Å².